The van der Waals surface area contributed by atoms with Gasteiger partial charge in [-0.05, 0) is 45.4 Å². The van der Waals surface area contributed by atoms with Crippen molar-refractivity contribution in [3.63, 3.8) is 0 Å². The molecule has 0 heterocycles. The van der Waals surface area contributed by atoms with Crippen LogP contribution in [-0.2, 0) is 6.54 Å². The zero-order valence-corrected chi connectivity index (χ0v) is 12.3. The molecule has 0 saturated heterocycles. The Morgan fingerprint density at radius 2 is 1.68 bits per heavy atom. The van der Waals surface area contributed by atoms with Crippen molar-refractivity contribution in [1.82, 2.24) is 10.2 Å². The Bertz CT molecular complexity index is 384. The van der Waals surface area contributed by atoms with Crippen LogP contribution >= 0.6 is 0 Å². The van der Waals surface area contributed by atoms with Crippen molar-refractivity contribution in [3.05, 3.63) is 23.8 Å². The van der Waals surface area contributed by atoms with Gasteiger partial charge < -0.3 is 15.5 Å². The summed E-state index contributed by atoms with van der Waals surface area (Å²) in [6.07, 6.45) is 0. The lowest BCUT2D eigenvalue weighted by molar-refractivity contribution is 0.176. The van der Waals surface area contributed by atoms with E-state index < -0.39 is 0 Å². The van der Waals surface area contributed by atoms with E-state index in [1.54, 1.807) is 6.07 Å². The van der Waals surface area contributed by atoms with E-state index in [1.165, 1.54) is 6.07 Å². The molecule has 4 nitrogen and oxygen atoms in total. The minimum absolute atomic E-state index is 0.0645. The highest BCUT2D eigenvalue weighted by atomic mass is 16.3. The molecular formula is C15H26N2O2. The molecule has 0 spiro atoms. The summed E-state index contributed by atoms with van der Waals surface area (Å²) in [6.45, 7) is 11.4. The summed E-state index contributed by atoms with van der Waals surface area (Å²) < 4.78 is 0. The zero-order valence-electron chi connectivity index (χ0n) is 12.3. The maximum atomic E-state index is 9.40. The fourth-order valence-electron chi connectivity index (χ4n) is 2.23. The molecule has 3 N–H and O–H groups in total. The van der Waals surface area contributed by atoms with Gasteiger partial charge in [0, 0.05) is 31.7 Å². The fourth-order valence-corrected chi connectivity index (χ4v) is 2.23. The summed E-state index contributed by atoms with van der Waals surface area (Å²) in [5, 5.41) is 22.0. The Labute approximate surface area is 116 Å². The van der Waals surface area contributed by atoms with Crippen LogP contribution in [0.5, 0.6) is 11.5 Å². The van der Waals surface area contributed by atoms with Crippen LogP contribution in [0.4, 0.5) is 0 Å². The largest absolute Gasteiger partial charge is 0.504 e. The first-order valence-electron chi connectivity index (χ1n) is 6.89. The lowest BCUT2D eigenvalue weighted by Crippen LogP contribution is -2.41. The summed E-state index contributed by atoms with van der Waals surface area (Å²) in [6, 6.07) is 6.00. The second kappa shape index (κ2) is 7.36. The van der Waals surface area contributed by atoms with Crippen LogP contribution < -0.4 is 5.32 Å². The van der Waals surface area contributed by atoms with Gasteiger partial charge in [-0.1, -0.05) is 6.07 Å². The summed E-state index contributed by atoms with van der Waals surface area (Å²) in [5.74, 6) is -0.139. The number of aromatic hydroxyl groups is 2. The van der Waals surface area contributed by atoms with E-state index in [0.29, 0.717) is 18.6 Å². The van der Waals surface area contributed by atoms with Gasteiger partial charge in [-0.15, -0.1) is 0 Å². The number of phenols is 2. The second-order valence-electron chi connectivity index (χ2n) is 5.43. The van der Waals surface area contributed by atoms with Crippen molar-refractivity contribution in [2.45, 2.75) is 46.3 Å². The quantitative estimate of drug-likeness (QED) is 0.523. The molecule has 1 aromatic carbocycles. The highest BCUT2D eigenvalue weighted by molar-refractivity contribution is 5.40. The first-order chi connectivity index (χ1) is 8.91. The van der Waals surface area contributed by atoms with Crippen LogP contribution in [0.2, 0.25) is 0 Å². The first-order valence-corrected chi connectivity index (χ1v) is 6.89. The van der Waals surface area contributed by atoms with Crippen LogP contribution in [0, 0.1) is 0 Å². The van der Waals surface area contributed by atoms with Crippen molar-refractivity contribution < 1.29 is 10.2 Å². The van der Waals surface area contributed by atoms with Gasteiger partial charge in [-0.2, -0.15) is 0 Å². The van der Waals surface area contributed by atoms with Gasteiger partial charge in [0.25, 0.3) is 0 Å². The normalized spacial score (nSPS) is 11.7. The highest BCUT2D eigenvalue weighted by Crippen LogP contribution is 2.24. The second-order valence-corrected chi connectivity index (χ2v) is 5.43. The molecule has 1 aromatic rings. The van der Waals surface area contributed by atoms with E-state index in [9.17, 15) is 10.2 Å². The highest BCUT2D eigenvalue weighted by Gasteiger charge is 2.12. The Balaban J connectivity index is 2.36. The average molecular weight is 266 g/mol. The summed E-state index contributed by atoms with van der Waals surface area (Å²) in [5.41, 5.74) is 0.968. The molecule has 0 saturated carbocycles. The molecule has 0 aliphatic heterocycles. The van der Waals surface area contributed by atoms with E-state index >= 15 is 0 Å². The number of hydrogen-bond acceptors (Lipinski definition) is 4. The van der Waals surface area contributed by atoms with Gasteiger partial charge >= 0.3 is 0 Å². The summed E-state index contributed by atoms with van der Waals surface area (Å²) >= 11 is 0. The molecule has 1 rings (SSSR count). The van der Waals surface area contributed by atoms with Gasteiger partial charge in [-0.25, -0.2) is 0 Å². The summed E-state index contributed by atoms with van der Waals surface area (Å²) in [4.78, 5) is 2.43. The van der Waals surface area contributed by atoms with E-state index in [2.05, 4.69) is 37.9 Å². The van der Waals surface area contributed by atoms with Crippen LogP contribution in [-0.4, -0.2) is 40.3 Å². The van der Waals surface area contributed by atoms with Gasteiger partial charge in [0.1, 0.15) is 0 Å². The molecule has 108 valence electrons. The molecule has 0 unspecified atom stereocenters. The number of phenolic OH excluding ortho intramolecular Hbond substituents is 2. The molecule has 0 atom stereocenters. The van der Waals surface area contributed by atoms with Crippen molar-refractivity contribution in [3.8, 4) is 11.5 Å². The topological polar surface area (TPSA) is 55.7 Å². The molecule has 0 aliphatic rings. The fraction of sp³-hybridized carbons (Fsp3) is 0.600. The summed E-state index contributed by atoms with van der Waals surface area (Å²) in [7, 11) is 0. The Morgan fingerprint density at radius 3 is 2.21 bits per heavy atom. The van der Waals surface area contributed by atoms with Crippen molar-refractivity contribution in [2.24, 2.45) is 0 Å². The predicted octanol–water partition coefficient (Wildman–Crippen LogP) is 2.31. The van der Waals surface area contributed by atoms with Crippen LogP contribution in [0.3, 0.4) is 0 Å². The van der Waals surface area contributed by atoms with Crippen molar-refractivity contribution in [2.75, 3.05) is 13.1 Å². The molecule has 0 amide bonds. The van der Waals surface area contributed by atoms with Crippen LogP contribution in [0.25, 0.3) is 0 Å². The van der Waals surface area contributed by atoms with Gasteiger partial charge in [0.05, 0.1) is 0 Å². The standard InChI is InChI=1S/C15H26N2O2/c1-11(2)17(12(3)4)8-7-16-10-13-5-6-14(18)15(19)9-13/h5-6,9,11-12,16,18-19H,7-8,10H2,1-4H3. The van der Waals surface area contributed by atoms with E-state index in [0.717, 1.165) is 18.7 Å². The van der Waals surface area contributed by atoms with Gasteiger partial charge in [-0.3, -0.25) is 4.90 Å². The molecule has 0 aliphatic carbocycles. The molecule has 0 radical (unpaired) electrons. The lowest BCUT2D eigenvalue weighted by atomic mass is 10.2. The number of rotatable bonds is 7. The van der Waals surface area contributed by atoms with Crippen molar-refractivity contribution in [1.29, 1.82) is 0 Å². The zero-order chi connectivity index (χ0) is 14.4. The number of nitrogens with one attached hydrogen (secondary N) is 1. The minimum atomic E-state index is -0.0745. The predicted molar refractivity (Wildman–Crippen MR) is 78.5 cm³/mol. The van der Waals surface area contributed by atoms with E-state index in [4.69, 9.17) is 0 Å². The molecule has 0 bridgehead atoms. The molecule has 19 heavy (non-hydrogen) atoms. The third kappa shape index (κ3) is 5.09. The SMILES string of the molecule is CC(C)N(CCNCc1ccc(O)c(O)c1)C(C)C. The molecule has 4 heteroatoms. The lowest BCUT2D eigenvalue weighted by Gasteiger charge is -2.30. The number of hydrogen-bond donors (Lipinski definition) is 3. The first kappa shape index (κ1) is 15.8. The van der Waals surface area contributed by atoms with Crippen LogP contribution in [0.1, 0.15) is 33.3 Å². The Hall–Kier alpha value is -1.26. The average Bonchev–Trinajstić information content (AvgIpc) is 2.32. The Morgan fingerprint density at radius 1 is 1.05 bits per heavy atom. The van der Waals surface area contributed by atoms with Gasteiger partial charge in [0.15, 0.2) is 11.5 Å². The molecule has 0 aromatic heterocycles. The third-order valence-electron chi connectivity index (χ3n) is 3.24. The third-order valence-corrected chi connectivity index (χ3v) is 3.24. The van der Waals surface area contributed by atoms with Crippen LogP contribution in [0.15, 0.2) is 18.2 Å². The van der Waals surface area contributed by atoms with Gasteiger partial charge in [0.2, 0.25) is 0 Å². The monoisotopic (exact) mass is 266 g/mol. The number of benzene rings is 1. The van der Waals surface area contributed by atoms with E-state index in [-0.39, 0.29) is 11.5 Å². The smallest absolute Gasteiger partial charge is 0.157 e. The Kier molecular flexibility index (Phi) is 6.12. The minimum Gasteiger partial charge on any atom is -0.504 e. The molecule has 0 fully saturated rings. The van der Waals surface area contributed by atoms with E-state index in [1.807, 2.05) is 6.07 Å². The van der Waals surface area contributed by atoms with Crippen molar-refractivity contribution >= 4 is 0 Å². The molecular weight excluding hydrogens is 240 g/mol. The maximum absolute atomic E-state index is 9.40. The number of nitrogens with zero attached hydrogens (tertiary/aromatic N) is 1. The maximum Gasteiger partial charge on any atom is 0.157 e.